The Morgan fingerprint density at radius 2 is 2.21 bits per heavy atom. The third-order valence-electron chi connectivity index (χ3n) is 3.82. The second kappa shape index (κ2) is 4.85. The van der Waals surface area contributed by atoms with E-state index in [4.69, 9.17) is 4.42 Å². The van der Waals surface area contributed by atoms with Crippen LogP contribution in [0.15, 0.2) is 16.7 Å². The van der Waals surface area contributed by atoms with Crippen LogP contribution in [0.4, 0.5) is 0 Å². The van der Waals surface area contributed by atoms with Gasteiger partial charge in [-0.25, -0.2) is 0 Å². The first-order chi connectivity index (χ1) is 9.20. The van der Waals surface area contributed by atoms with Gasteiger partial charge >= 0.3 is 0 Å². The molecular weight excluding hydrogens is 238 g/mol. The van der Waals surface area contributed by atoms with Crippen molar-refractivity contribution in [3.63, 3.8) is 0 Å². The van der Waals surface area contributed by atoms with E-state index < -0.39 is 0 Å². The first-order valence-electron chi connectivity index (χ1n) is 7.04. The van der Waals surface area contributed by atoms with Crippen molar-refractivity contribution < 1.29 is 4.42 Å². The zero-order valence-corrected chi connectivity index (χ0v) is 11.9. The van der Waals surface area contributed by atoms with Gasteiger partial charge in [-0.2, -0.15) is 5.10 Å². The van der Waals surface area contributed by atoms with Crippen molar-refractivity contribution >= 4 is 0 Å². The fourth-order valence-corrected chi connectivity index (χ4v) is 2.62. The Kier molecular flexibility index (Phi) is 3.19. The Bertz CT molecular complexity index is 578. The van der Waals surface area contributed by atoms with Crippen LogP contribution in [0, 0.1) is 13.8 Å². The molecule has 0 unspecified atom stereocenters. The molecule has 0 amide bonds. The second-order valence-corrected chi connectivity index (χ2v) is 5.27. The van der Waals surface area contributed by atoms with Crippen LogP contribution in [0.25, 0.3) is 11.1 Å². The molecule has 0 bridgehead atoms. The maximum absolute atomic E-state index is 5.65. The molecular formula is C15H21N3O. The van der Waals surface area contributed by atoms with Crippen molar-refractivity contribution in [3.8, 4) is 11.1 Å². The number of rotatable bonds is 5. The summed E-state index contributed by atoms with van der Waals surface area (Å²) in [6, 6.07) is 2.75. The molecule has 0 atom stereocenters. The van der Waals surface area contributed by atoms with Gasteiger partial charge in [0.2, 0.25) is 0 Å². The van der Waals surface area contributed by atoms with Crippen LogP contribution in [-0.2, 0) is 13.1 Å². The smallest absolute Gasteiger partial charge is 0.125 e. The summed E-state index contributed by atoms with van der Waals surface area (Å²) in [6.45, 7) is 8.03. The van der Waals surface area contributed by atoms with Crippen LogP contribution in [0.1, 0.15) is 36.9 Å². The quantitative estimate of drug-likeness (QED) is 0.897. The molecule has 2 heterocycles. The van der Waals surface area contributed by atoms with Gasteiger partial charge in [0.05, 0.1) is 18.5 Å². The Morgan fingerprint density at radius 3 is 2.84 bits per heavy atom. The maximum Gasteiger partial charge on any atom is 0.125 e. The van der Waals surface area contributed by atoms with Crippen molar-refractivity contribution in [2.75, 3.05) is 0 Å². The van der Waals surface area contributed by atoms with Crippen molar-refractivity contribution in [3.05, 3.63) is 29.5 Å². The van der Waals surface area contributed by atoms with E-state index in [0.29, 0.717) is 6.04 Å². The molecule has 1 saturated carbocycles. The molecule has 0 aliphatic heterocycles. The topological polar surface area (TPSA) is 43.0 Å². The normalized spacial score (nSPS) is 15.1. The Balaban J connectivity index is 1.92. The highest BCUT2D eigenvalue weighted by atomic mass is 16.3. The van der Waals surface area contributed by atoms with Crippen LogP contribution in [0.5, 0.6) is 0 Å². The molecule has 0 spiro atoms. The lowest BCUT2D eigenvalue weighted by Crippen LogP contribution is -2.15. The molecule has 1 N–H and O–H groups in total. The van der Waals surface area contributed by atoms with Gasteiger partial charge < -0.3 is 9.73 Å². The molecule has 0 radical (unpaired) electrons. The van der Waals surface area contributed by atoms with E-state index in [1.165, 1.54) is 29.7 Å². The average Bonchev–Trinajstić information content (AvgIpc) is 3.05. The summed E-state index contributed by atoms with van der Waals surface area (Å²) in [5.74, 6) is 1.02. The SMILES string of the molecule is CCn1nc(C)c(-c2ccoc2CNC2CC2)c1C. The number of hydrogen-bond acceptors (Lipinski definition) is 3. The van der Waals surface area contributed by atoms with Crippen LogP contribution < -0.4 is 5.32 Å². The molecule has 0 saturated heterocycles. The van der Waals surface area contributed by atoms with Crippen LogP contribution in [0.3, 0.4) is 0 Å². The molecule has 1 fully saturated rings. The lowest BCUT2D eigenvalue weighted by Gasteiger charge is -2.05. The van der Waals surface area contributed by atoms with E-state index in [-0.39, 0.29) is 0 Å². The van der Waals surface area contributed by atoms with Gasteiger partial charge in [-0.1, -0.05) is 0 Å². The van der Waals surface area contributed by atoms with Gasteiger partial charge in [-0.3, -0.25) is 4.68 Å². The maximum atomic E-state index is 5.65. The van der Waals surface area contributed by atoms with E-state index in [1.807, 2.05) is 0 Å². The van der Waals surface area contributed by atoms with Gasteiger partial charge in [0.1, 0.15) is 5.76 Å². The van der Waals surface area contributed by atoms with E-state index in [9.17, 15) is 0 Å². The monoisotopic (exact) mass is 259 g/mol. The molecule has 2 aromatic rings. The fourth-order valence-electron chi connectivity index (χ4n) is 2.62. The Labute approximate surface area is 113 Å². The van der Waals surface area contributed by atoms with Crippen LogP contribution >= 0.6 is 0 Å². The van der Waals surface area contributed by atoms with Crippen molar-refractivity contribution in [1.29, 1.82) is 0 Å². The van der Waals surface area contributed by atoms with Gasteiger partial charge in [-0.05, 0) is 39.7 Å². The minimum absolute atomic E-state index is 0.693. The van der Waals surface area contributed by atoms with Crippen LogP contribution in [-0.4, -0.2) is 15.8 Å². The molecule has 2 aromatic heterocycles. The van der Waals surface area contributed by atoms with Gasteiger partial charge in [0.25, 0.3) is 0 Å². The Hall–Kier alpha value is -1.55. The van der Waals surface area contributed by atoms with Crippen molar-refractivity contribution in [2.45, 2.75) is 52.7 Å². The standard InChI is InChI=1S/C15H21N3O/c1-4-18-11(3)15(10(2)17-18)13-7-8-19-14(13)9-16-12-5-6-12/h7-8,12,16H,4-6,9H2,1-3H3. The summed E-state index contributed by atoms with van der Waals surface area (Å²) < 4.78 is 7.70. The number of aryl methyl sites for hydroxylation is 2. The molecule has 0 aromatic carbocycles. The minimum Gasteiger partial charge on any atom is -0.467 e. The summed E-state index contributed by atoms with van der Waals surface area (Å²) >= 11 is 0. The summed E-state index contributed by atoms with van der Waals surface area (Å²) in [7, 11) is 0. The number of furan rings is 1. The number of aromatic nitrogens is 2. The van der Waals surface area contributed by atoms with Crippen LogP contribution in [0.2, 0.25) is 0 Å². The lowest BCUT2D eigenvalue weighted by molar-refractivity contribution is 0.483. The Morgan fingerprint density at radius 1 is 1.42 bits per heavy atom. The van der Waals surface area contributed by atoms with E-state index in [1.54, 1.807) is 6.26 Å². The average molecular weight is 259 g/mol. The summed E-state index contributed by atoms with van der Waals surface area (Å²) in [6.07, 6.45) is 4.37. The van der Waals surface area contributed by atoms with Crippen molar-refractivity contribution in [1.82, 2.24) is 15.1 Å². The molecule has 4 heteroatoms. The zero-order valence-electron chi connectivity index (χ0n) is 11.9. The molecule has 3 rings (SSSR count). The highest BCUT2D eigenvalue weighted by Crippen LogP contribution is 2.31. The zero-order chi connectivity index (χ0) is 13.4. The molecule has 102 valence electrons. The van der Waals surface area contributed by atoms with Gasteiger partial charge in [-0.15, -0.1) is 0 Å². The number of hydrogen-bond donors (Lipinski definition) is 1. The predicted octanol–water partition coefficient (Wildman–Crippen LogP) is 3.03. The minimum atomic E-state index is 0.693. The third-order valence-corrected chi connectivity index (χ3v) is 3.82. The second-order valence-electron chi connectivity index (χ2n) is 5.27. The molecule has 4 nitrogen and oxygen atoms in total. The van der Waals surface area contributed by atoms with Crippen molar-refractivity contribution in [2.24, 2.45) is 0 Å². The fraction of sp³-hybridized carbons (Fsp3) is 0.533. The summed E-state index contributed by atoms with van der Waals surface area (Å²) in [4.78, 5) is 0. The summed E-state index contributed by atoms with van der Waals surface area (Å²) in [5.41, 5.74) is 4.70. The lowest BCUT2D eigenvalue weighted by atomic mass is 10.0. The van der Waals surface area contributed by atoms with Gasteiger partial charge in [0.15, 0.2) is 0 Å². The highest BCUT2D eigenvalue weighted by Gasteiger charge is 2.23. The van der Waals surface area contributed by atoms with E-state index in [0.717, 1.165) is 24.5 Å². The summed E-state index contributed by atoms with van der Waals surface area (Å²) in [5, 5.41) is 8.10. The predicted molar refractivity (Wildman–Crippen MR) is 74.9 cm³/mol. The molecule has 1 aliphatic rings. The first-order valence-corrected chi connectivity index (χ1v) is 7.04. The highest BCUT2D eigenvalue weighted by molar-refractivity contribution is 5.70. The first kappa shape index (κ1) is 12.5. The number of nitrogens with zero attached hydrogens (tertiary/aromatic N) is 2. The largest absolute Gasteiger partial charge is 0.467 e. The molecule has 1 aliphatic carbocycles. The molecule has 19 heavy (non-hydrogen) atoms. The van der Waals surface area contributed by atoms with E-state index in [2.05, 4.69) is 41.9 Å². The van der Waals surface area contributed by atoms with Gasteiger partial charge in [0, 0.05) is 29.4 Å². The number of nitrogens with one attached hydrogen (secondary N) is 1. The van der Waals surface area contributed by atoms with E-state index >= 15 is 0 Å². The third kappa shape index (κ3) is 2.32.